The van der Waals surface area contributed by atoms with Gasteiger partial charge in [0.15, 0.2) is 12.4 Å². The molecule has 0 aliphatic carbocycles. The molecule has 4 aromatic carbocycles. The minimum absolute atomic E-state index is 0.141. The zero-order chi connectivity index (χ0) is 31.7. The minimum atomic E-state index is -0.643. The second-order valence-electron chi connectivity index (χ2n) is 9.56. The number of hydrogen-bond donors (Lipinski definition) is 1. The molecule has 0 unspecified atom stereocenters. The molecule has 2 heterocycles. The summed E-state index contributed by atoms with van der Waals surface area (Å²) in [5.41, 5.74) is 0.909. The summed E-state index contributed by atoms with van der Waals surface area (Å²) in [6.45, 7) is -0.495. The lowest BCUT2D eigenvalue weighted by Crippen LogP contribution is -2.20. The van der Waals surface area contributed by atoms with Crippen molar-refractivity contribution in [2.75, 3.05) is 11.9 Å². The Balaban J connectivity index is 1.34. The lowest BCUT2D eigenvalue weighted by molar-refractivity contribution is -0.385. The van der Waals surface area contributed by atoms with Crippen molar-refractivity contribution in [2.24, 2.45) is 5.10 Å². The molecule has 0 aliphatic rings. The molecule has 0 aliphatic heterocycles. The number of carbonyl (C=O) groups is 1. The largest absolute Gasteiger partial charge is 0.476 e. The molecule has 45 heavy (non-hydrogen) atoms. The third kappa shape index (κ3) is 6.50. The topological polar surface area (TPSA) is 142 Å². The highest BCUT2D eigenvalue weighted by atomic mass is 79.9. The van der Waals surface area contributed by atoms with Crippen molar-refractivity contribution < 1.29 is 18.9 Å². The van der Waals surface area contributed by atoms with Crippen LogP contribution in [0.1, 0.15) is 5.56 Å². The van der Waals surface area contributed by atoms with Crippen molar-refractivity contribution in [3.63, 3.8) is 0 Å². The number of furan rings is 1. The lowest BCUT2D eigenvalue weighted by Gasteiger charge is -2.10. The van der Waals surface area contributed by atoms with Gasteiger partial charge >= 0.3 is 5.69 Å². The summed E-state index contributed by atoms with van der Waals surface area (Å²) in [6.07, 6.45) is 1.29. The van der Waals surface area contributed by atoms with Crippen LogP contribution in [-0.2, 0) is 4.79 Å². The summed E-state index contributed by atoms with van der Waals surface area (Å²) >= 11 is 12.6. The molecule has 14 heteroatoms. The first kappa shape index (κ1) is 30.2. The van der Waals surface area contributed by atoms with Crippen LogP contribution in [0.5, 0.6) is 5.75 Å². The highest BCUT2D eigenvalue weighted by molar-refractivity contribution is 9.10. The third-order valence-electron chi connectivity index (χ3n) is 6.49. The van der Waals surface area contributed by atoms with Crippen molar-refractivity contribution in [3.8, 4) is 17.3 Å². The van der Waals surface area contributed by atoms with E-state index in [-0.39, 0.29) is 21.6 Å². The Morgan fingerprint density at radius 3 is 2.64 bits per heavy atom. The van der Waals surface area contributed by atoms with E-state index < -0.39 is 28.7 Å². The normalized spacial score (nSPS) is 11.4. The molecule has 0 saturated heterocycles. The van der Waals surface area contributed by atoms with E-state index in [0.717, 1.165) is 14.5 Å². The Hall–Kier alpha value is -4.85. The summed E-state index contributed by atoms with van der Waals surface area (Å²) in [4.78, 5) is 42.0. The van der Waals surface area contributed by atoms with Crippen molar-refractivity contribution in [3.05, 3.63) is 125 Å². The third-order valence-corrected chi connectivity index (χ3v) is 7.83. The first-order valence-electron chi connectivity index (χ1n) is 13.1. The number of nitrogens with zero attached hydrogens (tertiary/aromatic N) is 4. The number of nitro benzene ring substituents is 1. The van der Waals surface area contributed by atoms with Gasteiger partial charge in [-0.05, 0) is 82.7 Å². The number of anilines is 1. The highest BCUT2D eigenvalue weighted by Crippen LogP contribution is 2.36. The van der Waals surface area contributed by atoms with Crippen LogP contribution in [0.2, 0.25) is 5.02 Å². The molecular weight excluding hydrogens is 734 g/mol. The fraction of sp³-hybridized carbons (Fsp3) is 0.0323. The SMILES string of the molecule is O=C(COc1c(Br)cc(C=Nn2c(-c3cc4cc(Br)ccc4o3)nc3ccccc3c2=O)cc1[N+](=O)[O-])Nc1ccc(Cl)cc1. The van der Waals surface area contributed by atoms with Crippen LogP contribution in [0.4, 0.5) is 11.4 Å². The fourth-order valence-electron chi connectivity index (χ4n) is 4.46. The van der Waals surface area contributed by atoms with Gasteiger partial charge in [0.25, 0.3) is 11.5 Å². The van der Waals surface area contributed by atoms with E-state index in [1.165, 1.54) is 18.3 Å². The Bertz CT molecular complexity index is 2220. The number of carbonyl (C=O) groups excluding carboxylic acids is 1. The number of ether oxygens (including phenoxy) is 1. The molecule has 0 spiro atoms. The summed E-state index contributed by atoms with van der Waals surface area (Å²) < 4.78 is 13.7. The standard InChI is InChI=1S/C31H18Br2ClN5O6/c32-19-5-10-26-18(13-19)14-27(45-26)30-37-24-4-2-1-3-22(24)31(41)38(30)35-15-17-11-23(33)29(25(12-17)39(42)43)44-16-28(40)36-21-8-6-20(34)7-9-21/h1-15H,16H2,(H,36,40). The quantitative estimate of drug-likeness (QED) is 0.0951. The van der Waals surface area contributed by atoms with E-state index in [1.807, 2.05) is 12.1 Å². The van der Waals surface area contributed by atoms with Crippen LogP contribution < -0.4 is 15.6 Å². The maximum absolute atomic E-state index is 13.6. The maximum Gasteiger partial charge on any atom is 0.312 e. The molecule has 0 radical (unpaired) electrons. The number of halogens is 3. The Morgan fingerprint density at radius 2 is 1.87 bits per heavy atom. The minimum Gasteiger partial charge on any atom is -0.476 e. The van der Waals surface area contributed by atoms with E-state index in [4.69, 9.17) is 20.8 Å². The van der Waals surface area contributed by atoms with E-state index in [0.29, 0.717) is 33.0 Å². The molecule has 6 aromatic rings. The van der Waals surface area contributed by atoms with Gasteiger partial charge in [0.2, 0.25) is 11.6 Å². The Kier molecular flexibility index (Phi) is 8.48. The number of nitro groups is 1. The molecule has 0 saturated carbocycles. The first-order chi connectivity index (χ1) is 21.7. The molecule has 0 bridgehead atoms. The number of fused-ring (bicyclic) bond motifs is 2. The predicted molar refractivity (Wildman–Crippen MR) is 178 cm³/mol. The van der Waals surface area contributed by atoms with Crippen molar-refractivity contribution >= 4 is 88.8 Å². The molecule has 1 amide bonds. The number of aromatic nitrogens is 2. The number of hydrogen-bond acceptors (Lipinski definition) is 8. The number of nitrogens with one attached hydrogen (secondary N) is 1. The Morgan fingerprint density at radius 1 is 1.09 bits per heavy atom. The second-order valence-corrected chi connectivity index (χ2v) is 11.8. The van der Waals surface area contributed by atoms with Crippen LogP contribution in [0.25, 0.3) is 33.5 Å². The van der Waals surface area contributed by atoms with E-state index in [2.05, 4.69) is 47.3 Å². The van der Waals surface area contributed by atoms with E-state index in [1.54, 1.807) is 60.7 Å². The molecule has 224 valence electrons. The van der Waals surface area contributed by atoms with Crippen molar-refractivity contribution in [2.45, 2.75) is 0 Å². The predicted octanol–water partition coefficient (Wildman–Crippen LogP) is 7.80. The number of para-hydroxylation sites is 1. The van der Waals surface area contributed by atoms with E-state index in [9.17, 15) is 19.7 Å². The van der Waals surface area contributed by atoms with Gasteiger partial charge in [-0.25, -0.2) is 4.98 Å². The Labute approximate surface area is 275 Å². The lowest BCUT2D eigenvalue weighted by atomic mass is 10.2. The van der Waals surface area contributed by atoms with Gasteiger partial charge in [-0.2, -0.15) is 9.78 Å². The average Bonchev–Trinajstić information content (AvgIpc) is 3.44. The number of rotatable bonds is 8. The number of benzene rings is 4. The van der Waals surface area contributed by atoms with Crippen LogP contribution >= 0.6 is 43.5 Å². The van der Waals surface area contributed by atoms with Gasteiger partial charge in [-0.15, -0.1) is 0 Å². The molecule has 6 rings (SSSR count). The molecule has 11 nitrogen and oxygen atoms in total. The smallest absolute Gasteiger partial charge is 0.312 e. The summed E-state index contributed by atoms with van der Waals surface area (Å²) in [5, 5.41) is 20.6. The molecule has 2 aromatic heterocycles. The fourth-order valence-corrected chi connectivity index (χ4v) is 5.55. The molecular formula is C31H18Br2ClN5O6. The highest BCUT2D eigenvalue weighted by Gasteiger charge is 2.22. The van der Waals surface area contributed by atoms with Gasteiger partial charge in [-0.1, -0.05) is 39.7 Å². The van der Waals surface area contributed by atoms with E-state index >= 15 is 0 Å². The van der Waals surface area contributed by atoms with Gasteiger partial charge in [0, 0.05) is 32.2 Å². The monoisotopic (exact) mass is 749 g/mol. The zero-order valence-corrected chi connectivity index (χ0v) is 26.7. The van der Waals surface area contributed by atoms with Crippen molar-refractivity contribution in [1.29, 1.82) is 0 Å². The van der Waals surface area contributed by atoms with Crippen LogP contribution in [0, 0.1) is 10.1 Å². The summed E-state index contributed by atoms with van der Waals surface area (Å²) in [5.74, 6) is -0.238. The molecule has 1 N–H and O–H groups in total. The number of amides is 1. The zero-order valence-electron chi connectivity index (χ0n) is 22.7. The maximum atomic E-state index is 13.6. The molecule has 0 fully saturated rings. The van der Waals surface area contributed by atoms with Crippen LogP contribution in [-0.4, -0.2) is 33.3 Å². The summed E-state index contributed by atoms with van der Waals surface area (Å²) in [6, 6.07) is 23.3. The first-order valence-corrected chi connectivity index (χ1v) is 15.0. The average molecular weight is 752 g/mol. The second kappa shape index (κ2) is 12.6. The molecule has 0 atom stereocenters. The van der Waals surface area contributed by atoms with Gasteiger partial charge in [-0.3, -0.25) is 19.7 Å². The van der Waals surface area contributed by atoms with Crippen molar-refractivity contribution in [1.82, 2.24) is 9.66 Å². The van der Waals surface area contributed by atoms with Gasteiger partial charge in [0.05, 0.1) is 26.5 Å². The summed E-state index contributed by atoms with van der Waals surface area (Å²) in [7, 11) is 0. The van der Waals surface area contributed by atoms with Crippen LogP contribution in [0.15, 0.2) is 108 Å². The van der Waals surface area contributed by atoms with Gasteiger partial charge < -0.3 is 14.5 Å². The van der Waals surface area contributed by atoms with Gasteiger partial charge in [0.1, 0.15) is 5.58 Å². The van der Waals surface area contributed by atoms with Crippen LogP contribution in [0.3, 0.4) is 0 Å².